The minimum atomic E-state index is -0.406. The van der Waals surface area contributed by atoms with Gasteiger partial charge in [-0.25, -0.2) is 0 Å². The van der Waals surface area contributed by atoms with Gasteiger partial charge in [0.1, 0.15) is 5.69 Å². The second-order valence-corrected chi connectivity index (χ2v) is 4.90. The van der Waals surface area contributed by atoms with Gasteiger partial charge in [-0.3, -0.25) is 14.6 Å². The molecule has 0 N–H and O–H groups in total. The van der Waals surface area contributed by atoms with Gasteiger partial charge in [-0.2, -0.15) is 14.6 Å². The summed E-state index contributed by atoms with van der Waals surface area (Å²) in [6.07, 6.45) is 5.02. The summed E-state index contributed by atoms with van der Waals surface area (Å²) in [5.41, 5.74) is 0.394. The van der Waals surface area contributed by atoms with Crippen LogP contribution in [0.4, 0.5) is 0 Å². The van der Waals surface area contributed by atoms with Crippen LogP contribution in [-0.4, -0.2) is 19.6 Å². The number of hydrogen-bond acceptors (Lipinski definition) is 6. The lowest BCUT2D eigenvalue weighted by Crippen LogP contribution is -2.27. The van der Waals surface area contributed by atoms with Crippen molar-refractivity contribution in [2.45, 2.75) is 6.92 Å². The molecule has 0 aliphatic rings. The van der Waals surface area contributed by atoms with E-state index in [1.54, 1.807) is 30.6 Å². The van der Waals surface area contributed by atoms with Gasteiger partial charge in [-0.15, -0.1) is 0 Å². The molecule has 0 amide bonds. The molecule has 0 fully saturated rings. The maximum absolute atomic E-state index is 12.1. The summed E-state index contributed by atoms with van der Waals surface area (Å²) in [6.45, 7) is 1.53. The molecule has 0 saturated heterocycles. The molecule has 3 rings (SSSR count). The van der Waals surface area contributed by atoms with Crippen LogP contribution in [0.5, 0.6) is 0 Å². The summed E-state index contributed by atoms with van der Waals surface area (Å²) in [4.78, 5) is 31.6. The average Bonchev–Trinajstić information content (AvgIpc) is 2.69. The van der Waals surface area contributed by atoms with Gasteiger partial charge in [0.15, 0.2) is 0 Å². The highest BCUT2D eigenvalue weighted by molar-refractivity contribution is 7.15. The molecule has 0 aromatic carbocycles. The monoisotopic (exact) mass is 272 g/mol. The fourth-order valence-electron chi connectivity index (χ4n) is 1.60. The van der Waals surface area contributed by atoms with Gasteiger partial charge in [0.2, 0.25) is 4.96 Å². The van der Waals surface area contributed by atoms with Gasteiger partial charge in [0, 0.05) is 12.4 Å². The Balaban J connectivity index is 2.33. The van der Waals surface area contributed by atoms with Crippen molar-refractivity contribution in [3.8, 4) is 0 Å². The van der Waals surface area contributed by atoms with E-state index in [2.05, 4.69) is 15.1 Å². The van der Waals surface area contributed by atoms with Crippen molar-refractivity contribution in [1.29, 1.82) is 0 Å². The lowest BCUT2D eigenvalue weighted by atomic mass is 10.2. The van der Waals surface area contributed by atoms with Crippen LogP contribution >= 0.6 is 11.3 Å². The molecule has 94 valence electrons. The molecular weight excluding hydrogens is 264 g/mol. The molecule has 0 aliphatic carbocycles. The zero-order valence-corrected chi connectivity index (χ0v) is 10.7. The number of fused-ring (bicyclic) bond motifs is 1. The summed E-state index contributed by atoms with van der Waals surface area (Å²) < 4.78 is 1.64. The van der Waals surface area contributed by atoms with Crippen LogP contribution in [0.1, 0.15) is 11.3 Å². The van der Waals surface area contributed by atoms with Crippen molar-refractivity contribution in [3.05, 3.63) is 61.0 Å². The van der Waals surface area contributed by atoms with Crippen LogP contribution in [0.15, 0.2) is 34.1 Å². The van der Waals surface area contributed by atoms with Gasteiger partial charge >= 0.3 is 0 Å². The Morgan fingerprint density at radius 2 is 2.00 bits per heavy atom. The molecule has 0 spiro atoms. The van der Waals surface area contributed by atoms with E-state index in [0.717, 1.165) is 21.4 Å². The largest absolute Gasteiger partial charge is 0.295 e. The highest BCUT2D eigenvalue weighted by Gasteiger charge is 2.07. The third-order valence-corrected chi connectivity index (χ3v) is 3.51. The van der Waals surface area contributed by atoms with E-state index in [1.807, 2.05) is 0 Å². The first-order valence-corrected chi connectivity index (χ1v) is 6.29. The summed E-state index contributed by atoms with van der Waals surface area (Å²) in [5, 5.41) is 3.94. The first-order valence-electron chi connectivity index (χ1n) is 5.47. The van der Waals surface area contributed by atoms with Gasteiger partial charge in [-0.05, 0) is 30.7 Å². The Labute approximate surface area is 110 Å². The summed E-state index contributed by atoms with van der Waals surface area (Å²) in [6, 6.07) is 3.58. The van der Waals surface area contributed by atoms with Crippen molar-refractivity contribution < 1.29 is 0 Å². The van der Waals surface area contributed by atoms with Crippen LogP contribution in [0, 0.1) is 6.92 Å². The first kappa shape index (κ1) is 11.7. The Bertz CT molecular complexity index is 915. The molecular formula is C12H8N4O2S. The maximum Gasteiger partial charge on any atom is 0.295 e. The fraction of sp³-hybridized carbons (Fsp3) is 0.0833. The van der Waals surface area contributed by atoms with Crippen molar-refractivity contribution >= 4 is 22.4 Å². The zero-order valence-electron chi connectivity index (χ0n) is 9.90. The van der Waals surface area contributed by atoms with Crippen molar-refractivity contribution in [1.82, 2.24) is 19.6 Å². The van der Waals surface area contributed by atoms with Crippen molar-refractivity contribution in [2.75, 3.05) is 0 Å². The number of pyridine rings is 1. The van der Waals surface area contributed by atoms with Gasteiger partial charge < -0.3 is 0 Å². The van der Waals surface area contributed by atoms with Crippen LogP contribution in [0.25, 0.3) is 11.0 Å². The average molecular weight is 272 g/mol. The van der Waals surface area contributed by atoms with Crippen LogP contribution in [0.2, 0.25) is 0 Å². The zero-order chi connectivity index (χ0) is 13.4. The standard InChI is InChI=1S/C12H8N4O2S/c1-7-10(17)14-12-16(15-7)11(18)9(19-12)6-8-2-4-13-5-3-8/h2-6H,1H3. The minimum absolute atomic E-state index is 0.211. The molecule has 3 aromatic heterocycles. The van der Waals surface area contributed by atoms with Crippen molar-refractivity contribution in [2.24, 2.45) is 0 Å². The quantitative estimate of drug-likeness (QED) is 0.611. The number of aryl methyl sites for hydroxylation is 1. The molecule has 0 radical (unpaired) electrons. The van der Waals surface area contributed by atoms with E-state index in [0.29, 0.717) is 9.49 Å². The topological polar surface area (TPSA) is 77.2 Å². The second kappa shape index (κ2) is 4.36. The van der Waals surface area contributed by atoms with E-state index < -0.39 is 5.56 Å². The maximum atomic E-state index is 12.1. The highest BCUT2D eigenvalue weighted by Crippen LogP contribution is 1.99. The molecule has 0 aliphatic heterocycles. The molecule has 7 heteroatoms. The van der Waals surface area contributed by atoms with E-state index in [1.165, 1.54) is 6.92 Å². The highest BCUT2D eigenvalue weighted by atomic mass is 32.1. The Kier molecular flexibility index (Phi) is 2.68. The summed E-state index contributed by atoms with van der Waals surface area (Å²) >= 11 is 1.14. The third kappa shape index (κ3) is 2.04. The van der Waals surface area contributed by atoms with E-state index in [4.69, 9.17) is 0 Å². The van der Waals surface area contributed by atoms with E-state index in [-0.39, 0.29) is 11.3 Å². The van der Waals surface area contributed by atoms with E-state index in [9.17, 15) is 9.59 Å². The lowest BCUT2D eigenvalue weighted by Gasteiger charge is -1.89. The molecule has 0 saturated carbocycles. The normalized spacial score (nSPS) is 12.2. The SMILES string of the molecule is Cc1nn2c(=O)c(=Cc3ccncc3)sc2nc1=O. The molecule has 0 bridgehead atoms. The Morgan fingerprint density at radius 3 is 2.74 bits per heavy atom. The van der Waals surface area contributed by atoms with E-state index >= 15 is 0 Å². The van der Waals surface area contributed by atoms with Crippen LogP contribution < -0.4 is 15.7 Å². The Hall–Kier alpha value is -2.41. The molecule has 6 nitrogen and oxygen atoms in total. The number of nitrogens with zero attached hydrogens (tertiary/aromatic N) is 4. The summed E-state index contributed by atoms with van der Waals surface area (Å²) in [5.74, 6) is 0. The first-order chi connectivity index (χ1) is 9.15. The molecule has 0 unspecified atom stereocenters. The van der Waals surface area contributed by atoms with Gasteiger partial charge in [0.25, 0.3) is 11.1 Å². The third-order valence-electron chi connectivity index (χ3n) is 2.55. The van der Waals surface area contributed by atoms with Crippen LogP contribution in [0.3, 0.4) is 0 Å². The Morgan fingerprint density at radius 1 is 1.26 bits per heavy atom. The molecule has 3 aromatic rings. The second-order valence-electron chi connectivity index (χ2n) is 3.89. The smallest absolute Gasteiger partial charge is 0.266 e. The fourth-order valence-corrected chi connectivity index (χ4v) is 2.50. The van der Waals surface area contributed by atoms with Gasteiger partial charge in [-0.1, -0.05) is 11.3 Å². The number of rotatable bonds is 1. The number of thiazole rings is 1. The number of hydrogen-bond donors (Lipinski definition) is 0. The lowest BCUT2D eigenvalue weighted by molar-refractivity contribution is 0.833. The minimum Gasteiger partial charge on any atom is -0.266 e. The van der Waals surface area contributed by atoms with Crippen LogP contribution in [-0.2, 0) is 0 Å². The summed E-state index contributed by atoms with van der Waals surface area (Å²) in [7, 11) is 0. The molecule has 3 heterocycles. The molecule has 19 heavy (non-hydrogen) atoms. The van der Waals surface area contributed by atoms with Crippen molar-refractivity contribution in [3.63, 3.8) is 0 Å². The van der Waals surface area contributed by atoms with Gasteiger partial charge in [0.05, 0.1) is 4.53 Å². The predicted octanol–water partition coefficient (Wildman–Crippen LogP) is -0.238. The number of aromatic nitrogens is 4. The predicted molar refractivity (Wildman–Crippen MR) is 71.2 cm³/mol. The molecule has 0 atom stereocenters.